The summed E-state index contributed by atoms with van der Waals surface area (Å²) in [4.78, 5) is -0.197. The predicted octanol–water partition coefficient (Wildman–Crippen LogP) is 4.05. The van der Waals surface area contributed by atoms with Crippen LogP contribution < -0.4 is 4.72 Å². The van der Waals surface area contributed by atoms with Crippen LogP contribution >= 0.6 is 0 Å². The highest BCUT2D eigenvalue weighted by atomic mass is 32.2. The van der Waals surface area contributed by atoms with Gasteiger partial charge in [0.2, 0.25) is 10.0 Å². The molecule has 0 saturated heterocycles. The van der Waals surface area contributed by atoms with Gasteiger partial charge in [0.05, 0.1) is 22.9 Å². The van der Waals surface area contributed by atoms with Gasteiger partial charge in [0, 0.05) is 12.1 Å². The van der Waals surface area contributed by atoms with Gasteiger partial charge < -0.3 is 0 Å². The molecule has 172 valence electrons. The lowest BCUT2D eigenvalue weighted by Gasteiger charge is -2.23. The third kappa shape index (κ3) is 5.07. The van der Waals surface area contributed by atoms with E-state index in [0.717, 1.165) is 27.9 Å². The second-order valence-electron chi connectivity index (χ2n) is 7.87. The molecule has 0 amide bonds. The highest BCUT2D eigenvalue weighted by molar-refractivity contribution is 7.92. The summed E-state index contributed by atoms with van der Waals surface area (Å²) in [5.41, 5.74) is 3.16. The number of aryl methyl sites for hydroxylation is 1. The molecular formula is C23H22FN3O4S2. The van der Waals surface area contributed by atoms with Crippen molar-refractivity contribution in [2.45, 2.75) is 24.3 Å². The highest BCUT2D eigenvalue weighted by Gasteiger charge is 2.38. The second-order valence-corrected chi connectivity index (χ2v) is 11.4. The summed E-state index contributed by atoms with van der Waals surface area (Å²) in [7, 11) is -7.64. The quantitative estimate of drug-likeness (QED) is 0.568. The van der Waals surface area contributed by atoms with Gasteiger partial charge >= 0.3 is 0 Å². The maximum Gasteiger partial charge on any atom is 0.279 e. The largest absolute Gasteiger partial charge is 0.284 e. The standard InChI is InChI=1S/C23H22FN3O4S2/c1-16-9-11-17(12-10-16)23-15-22(18-5-3-7-20(13-18)26-32(2,28)29)25-27(23)33(30,31)21-8-4-6-19(24)14-21/h3-14,23,26H,15H2,1-2H3/t23-/m1/s1. The van der Waals surface area contributed by atoms with Crippen LogP contribution in [0, 0.1) is 12.7 Å². The zero-order chi connectivity index (χ0) is 23.8. The molecule has 0 radical (unpaired) electrons. The lowest BCUT2D eigenvalue weighted by molar-refractivity contribution is 0.371. The molecule has 0 spiro atoms. The average Bonchev–Trinajstić information content (AvgIpc) is 3.20. The summed E-state index contributed by atoms with van der Waals surface area (Å²) in [6, 6.07) is 18.2. The molecule has 0 fully saturated rings. The van der Waals surface area contributed by atoms with Gasteiger partial charge in [-0.05, 0) is 48.4 Å². The molecular weight excluding hydrogens is 465 g/mol. The minimum absolute atomic E-state index is 0.197. The van der Waals surface area contributed by atoms with E-state index in [-0.39, 0.29) is 11.3 Å². The molecule has 33 heavy (non-hydrogen) atoms. The van der Waals surface area contributed by atoms with Gasteiger partial charge in [-0.15, -0.1) is 0 Å². The smallest absolute Gasteiger partial charge is 0.279 e. The van der Waals surface area contributed by atoms with Crippen LogP contribution in [-0.4, -0.2) is 33.2 Å². The van der Waals surface area contributed by atoms with Gasteiger partial charge in [0.15, 0.2) is 0 Å². The van der Waals surface area contributed by atoms with Crippen LogP contribution in [0.3, 0.4) is 0 Å². The summed E-state index contributed by atoms with van der Waals surface area (Å²) in [5, 5.41) is 4.42. The summed E-state index contributed by atoms with van der Waals surface area (Å²) in [5.74, 6) is -0.661. The molecule has 4 rings (SSSR count). The van der Waals surface area contributed by atoms with Crippen LogP contribution in [0.2, 0.25) is 0 Å². The van der Waals surface area contributed by atoms with E-state index >= 15 is 0 Å². The zero-order valence-electron chi connectivity index (χ0n) is 17.9. The van der Waals surface area contributed by atoms with E-state index < -0.39 is 31.9 Å². The van der Waals surface area contributed by atoms with Crippen LogP contribution in [-0.2, 0) is 20.0 Å². The van der Waals surface area contributed by atoms with E-state index in [9.17, 15) is 21.2 Å². The third-order valence-electron chi connectivity index (χ3n) is 5.17. The van der Waals surface area contributed by atoms with E-state index in [0.29, 0.717) is 17.0 Å². The highest BCUT2D eigenvalue weighted by Crippen LogP contribution is 2.37. The Hall–Kier alpha value is -3.24. The van der Waals surface area contributed by atoms with Crippen molar-refractivity contribution in [1.82, 2.24) is 4.41 Å². The maximum atomic E-state index is 13.8. The normalized spacial score (nSPS) is 16.5. The molecule has 10 heteroatoms. The van der Waals surface area contributed by atoms with Crippen molar-refractivity contribution in [3.63, 3.8) is 0 Å². The number of hydrogen-bond donors (Lipinski definition) is 1. The minimum atomic E-state index is -4.15. The summed E-state index contributed by atoms with van der Waals surface area (Å²) in [6.07, 6.45) is 1.31. The van der Waals surface area contributed by atoms with Gasteiger partial charge in [-0.1, -0.05) is 48.0 Å². The number of rotatable bonds is 6. The Morgan fingerprint density at radius 3 is 2.33 bits per heavy atom. The SMILES string of the molecule is Cc1ccc([C@H]2CC(c3cccc(NS(C)(=O)=O)c3)=NN2S(=O)(=O)c2cccc(F)c2)cc1. The van der Waals surface area contributed by atoms with E-state index in [1.807, 2.05) is 31.2 Å². The van der Waals surface area contributed by atoms with Crippen molar-refractivity contribution in [1.29, 1.82) is 0 Å². The van der Waals surface area contributed by atoms with Gasteiger partial charge in [-0.25, -0.2) is 12.8 Å². The number of nitrogens with one attached hydrogen (secondary N) is 1. The Kier molecular flexibility index (Phi) is 5.98. The Labute approximate surface area is 192 Å². The number of halogens is 1. The lowest BCUT2D eigenvalue weighted by atomic mass is 9.98. The average molecular weight is 488 g/mol. The molecule has 1 heterocycles. The van der Waals surface area contributed by atoms with Crippen LogP contribution in [0.4, 0.5) is 10.1 Å². The molecule has 0 saturated carbocycles. The maximum absolute atomic E-state index is 13.8. The Morgan fingerprint density at radius 1 is 0.970 bits per heavy atom. The number of anilines is 1. The number of benzene rings is 3. The molecule has 1 aliphatic heterocycles. The number of sulfonamides is 2. The molecule has 1 aliphatic rings. The van der Waals surface area contributed by atoms with Crippen molar-refractivity contribution in [3.8, 4) is 0 Å². The fourth-order valence-corrected chi connectivity index (χ4v) is 5.65. The first kappa shape index (κ1) is 22.9. The van der Waals surface area contributed by atoms with Gasteiger partial charge in [-0.2, -0.15) is 17.9 Å². The third-order valence-corrected chi connectivity index (χ3v) is 7.46. The topological polar surface area (TPSA) is 95.9 Å². The van der Waals surface area contributed by atoms with Crippen LogP contribution in [0.15, 0.2) is 82.8 Å². The monoisotopic (exact) mass is 487 g/mol. The predicted molar refractivity (Wildman–Crippen MR) is 125 cm³/mol. The molecule has 3 aromatic carbocycles. The van der Waals surface area contributed by atoms with E-state index in [1.54, 1.807) is 24.3 Å². The molecule has 0 bridgehead atoms. The Balaban J connectivity index is 1.79. The number of nitrogens with zero attached hydrogens (tertiary/aromatic N) is 2. The van der Waals surface area contributed by atoms with Crippen molar-refractivity contribution in [2.24, 2.45) is 5.10 Å². The molecule has 7 nitrogen and oxygen atoms in total. The van der Waals surface area contributed by atoms with Gasteiger partial charge in [0.25, 0.3) is 10.0 Å². The molecule has 0 unspecified atom stereocenters. The molecule has 0 aliphatic carbocycles. The van der Waals surface area contributed by atoms with Crippen molar-refractivity contribution in [2.75, 3.05) is 11.0 Å². The molecule has 3 aromatic rings. The fraction of sp³-hybridized carbons (Fsp3) is 0.174. The van der Waals surface area contributed by atoms with E-state index in [2.05, 4.69) is 9.82 Å². The minimum Gasteiger partial charge on any atom is -0.284 e. The van der Waals surface area contributed by atoms with Gasteiger partial charge in [-0.3, -0.25) is 4.72 Å². The van der Waals surface area contributed by atoms with Crippen LogP contribution in [0.25, 0.3) is 0 Å². The second kappa shape index (κ2) is 8.60. The Bertz CT molecular complexity index is 1440. The number of hydrogen-bond acceptors (Lipinski definition) is 5. The first-order valence-corrected chi connectivity index (χ1v) is 13.4. The molecule has 1 atom stereocenters. The molecule has 0 aromatic heterocycles. The van der Waals surface area contributed by atoms with Crippen LogP contribution in [0.5, 0.6) is 0 Å². The summed E-state index contributed by atoms with van der Waals surface area (Å²) < 4.78 is 67.3. The van der Waals surface area contributed by atoms with Crippen molar-refractivity contribution >= 4 is 31.4 Å². The van der Waals surface area contributed by atoms with Gasteiger partial charge in [0.1, 0.15) is 5.82 Å². The lowest BCUT2D eigenvalue weighted by Crippen LogP contribution is -2.27. The molecule has 1 N–H and O–H groups in total. The van der Waals surface area contributed by atoms with E-state index in [4.69, 9.17) is 0 Å². The zero-order valence-corrected chi connectivity index (χ0v) is 19.6. The van der Waals surface area contributed by atoms with Crippen molar-refractivity contribution in [3.05, 3.63) is 95.3 Å². The summed E-state index contributed by atoms with van der Waals surface area (Å²) in [6.45, 7) is 1.93. The van der Waals surface area contributed by atoms with Crippen molar-refractivity contribution < 1.29 is 21.2 Å². The number of hydrazone groups is 1. The first-order chi connectivity index (χ1) is 15.5. The Morgan fingerprint density at radius 2 is 1.67 bits per heavy atom. The fourth-order valence-electron chi connectivity index (χ4n) is 3.63. The first-order valence-electron chi connectivity index (χ1n) is 10.1. The summed E-state index contributed by atoms with van der Waals surface area (Å²) >= 11 is 0. The van der Waals surface area contributed by atoms with E-state index in [1.165, 1.54) is 18.2 Å². The van der Waals surface area contributed by atoms with Crippen LogP contribution in [0.1, 0.15) is 29.2 Å².